The van der Waals surface area contributed by atoms with E-state index in [9.17, 15) is 4.79 Å². The van der Waals surface area contributed by atoms with Gasteiger partial charge in [-0.05, 0) is 43.8 Å². The molecule has 1 unspecified atom stereocenters. The number of rotatable bonds is 4. The van der Waals surface area contributed by atoms with Gasteiger partial charge in [0.15, 0.2) is 0 Å². The van der Waals surface area contributed by atoms with Gasteiger partial charge in [-0.25, -0.2) is 9.97 Å². The van der Waals surface area contributed by atoms with Gasteiger partial charge in [-0.1, -0.05) is 12.1 Å². The van der Waals surface area contributed by atoms with Crippen LogP contribution in [0.15, 0.2) is 43.0 Å². The molecule has 3 aromatic rings. The molecule has 1 aliphatic heterocycles. The van der Waals surface area contributed by atoms with Crippen LogP contribution in [-0.2, 0) is 11.8 Å². The Morgan fingerprint density at radius 1 is 1.27 bits per heavy atom. The molecule has 1 aliphatic rings. The predicted molar refractivity (Wildman–Crippen MR) is 103 cm³/mol. The van der Waals surface area contributed by atoms with Crippen LogP contribution >= 0.6 is 0 Å². The summed E-state index contributed by atoms with van der Waals surface area (Å²) < 4.78 is 1.99. The summed E-state index contributed by atoms with van der Waals surface area (Å²) in [4.78, 5) is 23.1. The van der Waals surface area contributed by atoms with Gasteiger partial charge in [-0.15, -0.1) is 0 Å². The van der Waals surface area contributed by atoms with E-state index in [0.717, 1.165) is 35.0 Å². The van der Waals surface area contributed by atoms with E-state index in [4.69, 9.17) is 0 Å². The van der Waals surface area contributed by atoms with Gasteiger partial charge < -0.3 is 9.88 Å². The highest BCUT2D eigenvalue weighted by molar-refractivity contribution is 5.94. The van der Waals surface area contributed by atoms with E-state index in [1.807, 2.05) is 29.9 Å². The van der Waals surface area contributed by atoms with Crippen molar-refractivity contribution in [2.24, 2.45) is 7.05 Å². The van der Waals surface area contributed by atoms with Crippen LogP contribution < -0.4 is 5.32 Å². The van der Waals surface area contributed by atoms with Crippen LogP contribution in [0.3, 0.4) is 0 Å². The normalized spacial score (nSPS) is 17.7. The van der Waals surface area contributed by atoms with Crippen LogP contribution in [0.1, 0.15) is 19.8 Å². The van der Waals surface area contributed by atoms with E-state index in [1.165, 1.54) is 6.42 Å². The first-order valence-corrected chi connectivity index (χ1v) is 9.00. The van der Waals surface area contributed by atoms with Crippen molar-refractivity contribution in [1.82, 2.24) is 19.4 Å². The first-order valence-electron chi connectivity index (χ1n) is 9.00. The van der Waals surface area contributed by atoms with Crippen molar-refractivity contribution >= 4 is 22.5 Å². The van der Waals surface area contributed by atoms with Crippen LogP contribution in [0.25, 0.3) is 22.0 Å². The molecule has 3 heterocycles. The SMILES string of the molecule is CC1CCCN1CC(=O)Nc1cc2cc(-c3cncn3C)ccc2cn1. The van der Waals surface area contributed by atoms with Gasteiger partial charge in [0.1, 0.15) is 5.82 Å². The van der Waals surface area contributed by atoms with Gasteiger partial charge in [0.2, 0.25) is 5.91 Å². The maximum Gasteiger partial charge on any atom is 0.239 e. The largest absolute Gasteiger partial charge is 0.334 e. The molecule has 1 aromatic carbocycles. The highest BCUT2D eigenvalue weighted by Crippen LogP contribution is 2.25. The van der Waals surface area contributed by atoms with Crippen LogP contribution in [0.2, 0.25) is 0 Å². The molecule has 1 saturated heterocycles. The molecule has 26 heavy (non-hydrogen) atoms. The third-order valence-electron chi connectivity index (χ3n) is 5.14. The Morgan fingerprint density at radius 2 is 2.15 bits per heavy atom. The molecule has 0 bridgehead atoms. The maximum absolute atomic E-state index is 12.3. The number of imidazole rings is 1. The minimum absolute atomic E-state index is 0.00612. The summed E-state index contributed by atoms with van der Waals surface area (Å²) in [6.45, 7) is 3.60. The van der Waals surface area contributed by atoms with Crippen molar-refractivity contribution in [3.8, 4) is 11.3 Å². The number of fused-ring (bicyclic) bond motifs is 1. The number of carbonyl (C=O) groups excluding carboxylic acids is 1. The third-order valence-corrected chi connectivity index (χ3v) is 5.14. The summed E-state index contributed by atoms with van der Waals surface area (Å²) in [6.07, 6.45) is 7.77. The van der Waals surface area contributed by atoms with Crippen molar-refractivity contribution in [2.45, 2.75) is 25.8 Å². The van der Waals surface area contributed by atoms with Gasteiger partial charge in [0, 0.05) is 30.2 Å². The zero-order valence-corrected chi connectivity index (χ0v) is 15.1. The Balaban J connectivity index is 1.54. The number of aryl methyl sites for hydroxylation is 1. The molecule has 4 rings (SSSR count). The minimum atomic E-state index is -0.00612. The van der Waals surface area contributed by atoms with Gasteiger partial charge in [-0.3, -0.25) is 9.69 Å². The molecule has 0 spiro atoms. The molecule has 134 valence electrons. The molecular weight excluding hydrogens is 326 g/mol. The van der Waals surface area contributed by atoms with Gasteiger partial charge >= 0.3 is 0 Å². The number of aromatic nitrogens is 3. The Kier molecular flexibility index (Phi) is 4.42. The fourth-order valence-electron chi connectivity index (χ4n) is 3.60. The fourth-order valence-corrected chi connectivity index (χ4v) is 3.60. The number of likely N-dealkylation sites (tertiary alicyclic amines) is 1. The second-order valence-electron chi connectivity index (χ2n) is 7.03. The number of nitrogens with one attached hydrogen (secondary N) is 1. The number of hydrogen-bond donors (Lipinski definition) is 1. The Hall–Kier alpha value is -2.73. The number of carbonyl (C=O) groups is 1. The lowest BCUT2D eigenvalue weighted by atomic mass is 10.1. The van der Waals surface area contributed by atoms with E-state index in [1.54, 1.807) is 12.5 Å². The summed E-state index contributed by atoms with van der Waals surface area (Å²) in [5.41, 5.74) is 2.14. The zero-order chi connectivity index (χ0) is 18.1. The molecule has 1 fully saturated rings. The first-order chi connectivity index (χ1) is 12.6. The highest BCUT2D eigenvalue weighted by atomic mass is 16.2. The van der Waals surface area contributed by atoms with E-state index < -0.39 is 0 Å². The molecule has 6 nitrogen and oxygen atoms in total. The van der Waals surface area contributed by atoms with Crippen molar-refractivity contribution in [2.75, 3.05) is 18.4 Å². The number of pyridine rings is 1. The predicted octanol–water partition coefficient (Wildman–Crippen LogP) is 3.06. The molecule has 1 amide bonds. The fraction of sp³-hybridized carbons (Fsp3) is 0.350. The molecule has 0 aliphatic carbocycles. The molecule has 1 N–H and O–H groups in total. The number of nitrogens with zero attached hydrogens (tertiary/aromatic N) is 4. The quantitative estimate of drug-likeness (QED) is 0.786. The summed E-state index contributed by atoms with van der Waals surface area (Å²) in [6, 6.07) is 8.62. The van der Waals surface area contributed by atoms with E-state index >= 15 is 0 Å². The first kappa shape index (κ1) is 16.7. The highest BCUT2D eigenvalue weighted by Gasteiger charge is 2.22. The monoisotopic (exact) mass is 349 g/mol. The van der Waals surface area contributed by atoms with Crippen molar-refractivity contribution in [1.29, 1.82) is 0 Å². The van der Waals surface area contributed by atoms with Crippen LogP contribution in [0, 0.1) is 0 Å². The molecule has 2 aromatic heterocycles. The van der Waals surface area contributed by atoms with Crippen molar-refractivity contribution in [3.05, 3.63) is 43.0 Å². The number of benzene rings is 1. The lowest BCUT2D eigenvalue weighted by molar-refractivity contribution is -0.117. The molecular formula is C20H23N5O. The van der Waals surface area contributed by atoms with Gasteiger partial charge in [0.05, 0.1) is 24.8 Å². The molecule has 6 heteroatoms. The van der Waals surface area contributed by atoms with Crippen molar-refractivity contribution < 1.29 is 4.79 Å². The number of amides is 1. The summed E-state index contributed by atoms with van der Waals surface area (Å²) in [7, 11) is 1.98. The third kappa shape index (κ3) is 3.32. The maximum atomic E-state index is 12.3. The standard InChI is InChI=1S/C20H23N5O/c1-14-4-3-7-25(14)12-20(26)23-19-9-17-8-15(5-6-16(17)10-22-19)18-11-21-13-24(18)2/h5-6,8-11,13-14H,3-4,7,12H2,1-2H3,(H,22,23,26). The Labute approximate surface area is 152 Å². The number of hydrogen-bond acceptors (Lipinski definition) is 4. The molecule has 0 saturated carbocycles. The zero-order valence-electron chi connectivity index (χ0n) is 15.1. The summed E-state index contributed by atoms with van der Waals surface area (Å²) >= 11 is 0. The second-order valence-corrected chi connectivity index (χ2v) is 7.03. The minimum Gasteiger partial charge on any atom is -0.334 e. The van der Waals surface area contributed by atoms with Gasteiger partial charge in [-0.2, -0.15) is 0 Å². The number of anilines is 1. The van der Waals surface area contributed by atoms with Crippen LogP contribution in [0.5, 0.6) is 0 Å². The van der Waals surface area contributed by atoms with E-state index in [2.05, 4.69) is 39.2 Å². The summed E-state index contributed by atoms with van der Waals surface area (Å²) in [5, 5.41) is 5.03. The van der Waals surface area contributed by atoms with Gasteiger partial charge in [0.25, 0.3) is 0 Å². The van der Waals surface area contributed by atoms with Crippen LogP contribution in [0.4, 0.5) is 5.82 Å². The second kappa shape index (κ2) is 6.88. The van der Waals surface area contributed by atoms with Crippen LogP contribution in [-0.4, -0.2) is 44.5 Å². The Bertz CT molecular complexity index is 948. The van der Waals surface area contributed by atoms with Crippen molar-refractivity contribution in [3.63, 3.8) is 0 Å². The topological polar surface area (TPSA) is 63.1 Å². The molecule has 1 atom stereocenters. The smallest absolute Gasteiger partial charge is 0.239 e. The lowest BCUT2D eigenvalue weighted by Gasteiger charge is -2.19. The lowest BCUT2D eigenvalue weighted by Crippen LogP contribution is -2.35. The van der Waals surface area contributed by atoms with E-state index in [-0.39, 0.29) is 5.91 Å². The van der Waals surface area contributed by atoms with E-state index in [0.29, 0.717) is 18.4 Å². The average Bonchev–Trinajstić information content (AvgIpc) is 3.23. The summed E-state index contributed by atoms with van der Waals surface area (Å²) in [5.74, 6) is 0.588. The Morgan fingerprint density at radius 3 is 2.88 bits per heavy atom. The molecule has 0 radical (unpaired) electrons. The average molecular weight is 349 g/mol.